The Kier molecular flexibility index (Phi) is 4.99. The van der Waals surface area contributed by atoms with E-state index in [9.17, 15) is 9.59 Å². The highest BCUT2D eigenvalue weighted by Gasteiger charge is 2.24. The molecule has 2 heterocycles. The van der Waals surface area contributed by atoms with Crippen molar-refractivity contribution in [3.05, 3.63) is 56.8 Å². The Morgan fingerprint density at radius 3 is 2.85 bits per heavy atom. The first-order chi connectivity index (χ1) is 12.5. The molecule has 7 nitrogen and oxygen atoms in total. The molecule has 0 spiro atoms. The van der Waals surface area contributed by atoms with Crippen molar-refractivity contribution >= 4 is 28.7 Å². The smallest absolute Gasteiger partial charge is 0.342 e. The number of aryl methyl sites for hydroxylation is 1. The van der Waals surface area contributed by atoms with Crippen molar-refractivity contribution in [2.45, 2.75) is 20.4 Å². The first-order valence-corrected chi connectivity index (χ1v) is 8.32. The molecule has 0 radical (unpaired) electrons. The second-order valence-electron chi connectivity index (χ2n) is 5.57. The van der Waals surface area contributed by atoms with Gasteiger partial charge in [0.1, 0.15) is 28.8 Å². The van der Waals surface area contributed by atoms with Crippen molar-refractivity contribution in [2.24, 2.45) is 0 Å². The van der Waals surface area contributed by atoms with E-state index in [-0.39, 0.29) is 29.8 Å². The van der Waals surface area contributed by atoms with Crippen molar-refractivity contribution in [1.29, 1.82) is 0 Å². The molecule has 0 saturated heterocycles. The van der Waals surface area contributed by atoms with E-state index in [4.69, 9.17) is 25.5 Å². The molecule has 1 aromatic carbocycles. The van der Waals surface area contributed by atoms with Gasteiger partial charge in [-0.1, -0.05) is 11.6 Å². The number of fused-ring (bicyclic) bond motifs is 1. The highest BCUT2D eigenvalue weighted by molar-refractivity contribution is 6.30. The van der Waals surface area contributed by atoms with Crippen molar-refractivity contribution in [2.75, 3.05) is 13.7 Å². The van der Waals surface area contributed by atoms with Crippen LogP contribution in [-0.4, -0.2) is 29.2 Å². The van der Waals surface area contributed by atoms with E-state index in [1.807, 2.05) is 0 Å². The number of methoxy groups -OCH3 is 1. The van der Waals surface area contributed by atoms with Crippen LogP contribution in [-0.2, 0) is 11.3 Å². The third-order valence-electron chi connectivity index (χ3n) is 3.92. The Morgan fingerprint density at radius 2 is 2.15 bits per heavy atom. The molecule has 0 aliphatic carbocycles. The van der Waals surface area contributed by atoms with Crippen LogP contribution in [0.4, 0.5) is 0 Å². The molecule has 0 unspecified atom stereocenters. The average Bonchev–Trinajstić information content (AvgIpc) is 2.95. The molecule has 0 aliphatic heterocycles. The molecule has 0 amide bonds. The predicted molar refractivity (Wildman–Crippen MR) is 96.1 cm³/mol. The van der Waals surface area contributed by atoms with E-state index in [0.717, 1.165) is 0 Å². The van der Waals surface area contributed by atoms with Crippen LogP contribution in [0.5, 0.6) is 5.75 Å². The lowest BCUT2D eigenvalue weighted by Gasteiger charge is -2.10. The van der Waals surface area contributed by atoms with Crippen molar-refractivity contribution < 1.29 is 18.7 Å². The maximum atomic E-state index is 12.9. The zero-order valence-corrected chi connectivity index (χ0v) is 15.3. The third kappa shape index (κ3) is 3.17. The largest absolute Gasteiger partial charge is 0.496 e. The average molecular weight is 377 g/mol. The molecule has 0 fully saturated rings. The van der Waals surface area contributed by atoms with Gasteiger partial charge < -0.3 is 13.9 Å². The molecule has 0 bridgehead atoms. The van der Waals surface area contributed by atoms with Crippen molar-refractivity contribution in [3.8, 4) is 5.75 Å². The Balaban J connectivity index is 2.13. The lowest BCUT2D eigenvalue weighted by atomic mass is 10.1. The number of hydrogen-bond acceptors (Lipinski definition) is 6. The fraction of sp³-hybridized carbons (Fsp3) is 0.278. The number of benzene rings is 1. The zero-order valence-electron chi connectivity index (χ0n) is 14.5. The topological polar surface area (TPSA) is 83.6 Å². The molecule has 3 aromatic rings. The van der Waals surface area contributed by atoms with Gasteiger partial charge in [0.25, 0.3) is 5.56 Å². The Hall–Kier alpha value is -2.80. The van der Waals surface area contributed by atoms with E-state index in [2.05, 4.69) is 4.98 Å². The summed E-state index contributed by atoms with van der Waals surface area (Å²) in [5, 5.41) is 0.624. The number of halogens is 1. The Labute approximate surface area is 154 Å². The van der Waals surface area contributed by atoms with Crippen LogP contribution in [0, 0.1) is 6.92 Å². The van der Waals surface area contributed by atoms with E-state index in [1.165, 1.54) is 18.0 Å². The molecular formula is C18H17ClN2O5. The number of carbonyl (C=O) groups is 1. The summed E-state index contributed by atoms with van der Waals surface area (Å²) in [6.45, 7) is 3.66. The Bertz CT molecular complexity index is 1040. The monoisotopic (exact) mass is 376 g/mol. The number of hydrogen-bond donors (Lipinski definition) is 0. The summed E-state index contributed by atoms with van der Waals surface area (Å²) in [5.41, 5.74) is 0.509. The van der Waals surface area contributed by atoms with Gasteiger partial charge in [0.2, 0.25) is 5.71 Å². The van der Waals surface area contributed by atoms with E-state index in [1.54, 1.807) is 32.0 Å². The number of esters is 1. The van der Waals surface area contributed by atoms with E-state index < -0.39 is 11.5 Å². The van der Waals surface area contributed by atoms with Crippen LogP contribution < -0.4 is 10.3 Å². The number of nitrogens with zero attached hydrogens (tertiary/aromatic N) is 2. The maximum Gasteiger partial charge on any atom is 0.342 e. The summed E-state index contributed by atoms with van der Waals surface area (Å²) < 4.78 is 17.2. The number of aromatic nitrogens is 2. The summed E-state index contributed by atoms with van der Waals surface area (Å²) in [5.74, 6) is 0.275. The van der Waals surface area contributed by atoms with Gasteiger partial charge >= 0.3 is 5.97 Å². The molecular weight excluding hydrogens is 360 g/mol. The van der Waals surface area contributed by atoms with Crippen LogP contribution in [0.2, 0.25) is 5.02 Å². The normalized spacial score (nSPS) is 10.9. The quantitative estimate of drug-likeness (QED) is 0.636. The molecule has 0 saturated carbocycles. The van der Waals surface area contributed by atoms with Gasteiger partial charge in [0.05, 0.1) is 20.3 Å². The van der Waals surface area contributed by atoms with Crippen molar-refractivity contribution in [3.63, 3.8) is 0 Å². The van der Waals surface area contributed by atoms with Crippen molar-refractivity contribution in [1.82, 2.24) is 9.55 Å². The van der Waals surface area contributed by atoms with Crippen LogP contribution in [0.3, 0.4) is 0 Å². The van der Waals surface area contributed by atoms with Gasteiger partial charge in [-0.15, -0.1) is 0 Å². The molecule has 3 rings (SSSR count). The van der Waals surface area contributed by atoms with Gasteiger partial charge in [0, 0.05) is 10.6 Å². The highest BCUT2D eigenvalue weighted by Crippen LogP contribution is 2.25. The first kappa shape index (κ1) is 18.0. The molecule has 8 heteroatoms. The van der Waals surface area contributed by atoms with Gasteiger partial charge in [-0.3, -0.25) is 9.36 Å². The second-order valence-corrected chi connectivity index (χ2v) is 6.00. The fourth-order valence-electron chi connectivity index (χ4n) is 2.75. The number of furan rings is 1. The molecule has 0 aliphatic rings. The Morgan fingerprint density at radius 1 is 1.38 bits per heavy atom. The summed E-state index contributed by atoms with van der Waals surface area (Å²) in [6, 6.07) is 5.14. The fourth-order valence-corrected chi connectivity index (χ4v) is 2.95. The lowest BCUT2D eigenvalue weighted by molar-refractivity contribution is 0.0526. The summed E-state index contributed by atoms with van der Waals surface area (Å²) in [6.07, 6.45) is 1.36. The SMILES string of the molecule is CCOC(=O)c1c(C)oc2ncn(Cc3cc(Cl)ccc3OC)c(=O)c12. The van der Waals surface area contributed by atoms with Gasteiger partial charge in [-0.25, -0.2) is 9.78 Å². The summed E-state index contributed by atoms with van der Waals surface area (Å²) in [4.78, 5) is 29.3. The van der Waals surface area contributed by atoms with E-state index >= 15 is 0 Å². The zero-order chi connectivity index (χ0) is 18.8. The third-order valence-corrected chi connectivity index (χ3v) is 4.15. The van der Waals surface area contributed by atoms with Crippen LogP contribution in [0.1, 0.15) is 28.6 Å². The molecule has 136 valence electrons. The molecule has 0 N–H and O–H groups in total. The summed E-state index contributed by atoms with van der Waals surface area (Å²) >= 11 is 6.04. The minimum Gasteiger partial charge on any atom is -0.496 e. The molecule has 2 aromatic heterocycles. The van der Waals surface area contributed by atoms with E-state index in [0.29, 0.717) is 22.1 Å². The van der Waals surface area contributed by atoms with Crippen LogP contribution in [0.25, 0.3) is 11.1 Å². The molecule has 26 heavy (non-hydrogen) atoms. The lowest BCUT2D eigenvalue weighted by Crippen LogP contribution is -2.22. The predicted octanol–water partition coefficient (Wildman–Crippen LogP) is 3.18. The van der Waals surface area contributed by atoms with Crippen LogP contribution >= 0.6 is 11.6 Å². The van der Waals surface area contributed by atoms with Gasteiger partial charge in [-0.05, 0) is 32.0 Å². The highest BCUT2D eigenvalue weighted by atomic mass is 35.5. The second kappa shape index (κ2) is 7.21. The van der Waals surface area contributed by atoms with Crippen LogP contribution in [0.15, 0.2) is 33.7 Å². The number of rotatable bonds is 5. The standard InChI is InChI=1S/C18H17ClN2O5/c1-4-25-18(23)14-10(2)26-16-15(14)17(22)21(9-20-16)8-11-7-12(19)5-6-13(11)24-3/h5-7,9H,4,8H2,1-3H3. The minimum absolute atomic E-state index is 0.101. The number of carbonyl (C=O) groups excluding carboxylic acids is 1. The first-order valence-electron chi connectivity index (χ1n) is 7.94. The maximum absolute atomic E-state index is 12.9. The minimum atomic E-state index is -0.610. The summed E-state index contributed by atoms with van der Waals surface area (Å²) in [7, 11) is 1.54. The van der Waals surface area contributed by atoms with Gasteiger partial charge in [-0.2, -0.15) is 0 Å². The van der Waals surface area contributed by atoms with Gasteiger partial charge in [0.15, 0.2) is 0 Å². The molecule has 0 atom stereocenters. The number of ether oxygens (including phenoxy) is 2.